The van der Waals surface area contributed by atoms with Gasteiger partial charge in [0, 0.05) is 24.6 Å². The number of hydrogen-bond donors (Lipinski definition) is 1. The van der Waals surface area contributed by atoms with Crippen LogP contribution in [-0.4, -0.2) is 60.1 Å². The molecule has 3 rings (SSSR count). The van der Waals surface area contributed by atoms with Crippen molar-refractivity contribution in [2.24, 2.45) is 0 Å². The van der Waals surface area contributed by atoms with E-state index in [1.807, 2.05) is 41.3 Å². The highest BCUT2D eigenvalue weighted by molar-refractivity contribution is 7.91. The lowest BCUT2D eigenvalue weighted by Gasteiger charge is -2.25. The van der Waals surface area contributed by atoms with E-state index in [2.05, 4.69) is 31.2 Å². The van der Waals surface area contributed by atoms with Gasteiger partial charge in [0.15, 0.2) is 9.84 Å². The first-order valence-electron chi connectivity index (χ1n) is 9.03. The Kier molecular flexibility index (Phi) is 5.39. The SMILES string of the molecule is CC(C)(C)c1cc(NC(=O)CN2CCS(=O)(=O)CC2)n(-c2ccccc2)n1. The Balaban J connectivity index is 1.77. The summed E-state index contributed by atoms with van der Waals surface area (Å²) in [5.41, 5.74) is 1.60. The van der Waals surface area contributed by atoms with Crippen LogP contribution in [0.2, 0.25) is 0 Å². The van der Waals surface area contributed by atoms with Crippen molar-refractivity contribution >= 4 is 21.6 Å². The van der Waals surface area contributed by atoms with Gasteiger partial charge in [0.1, 0.15) is 5.82 Å². The van der Waals surface area contributed by atoms with Crippen molar-refractivity contribution < 1.29 is 13.2 Å². The van der Waals surface area contributed by atoms with E-state index < -0.39 is 9.84 Å². The van der Waals surface area contributed by atoms with E-state index in [0.29, 0.717) is 18.9 Å². The van der Waals surface area contributed by atoms with Crippen molar-refractivity contribution in [3.63, 3.8) is 0 Å². The number of rotatable bonds is 4. The molecule has 0 spiro atoms. The molecule has 2 heterocycles. The van der Waals surface area contributed by atoms with Gasteiger partial charge in [0.2, 0.25) is 5.91 Å². The molecule has 1 aliphatic heterocycles. The van der Waals surface area contributed by atoms with Crippen LogP contribution in [0.3, 0.4) is 0 Å². The molecule has 1 aliphatic rings. The number of carbonyl (C=O) groups is 1. The monoisotopic (exact) mass is 390 g/mol. The first-order chi connectivity index (χ1) is 12.6. The number of para-hydroxylation sites is 1. The van der Waals surface area contributed by atoms with E-state index in [9.17, 15) is 13.2 Å². The molecule has 1 fully saturated rings. The average Bonchev–Trinajstić information content (AvgIpc) is 3.02. The zero-order valence-electron chi connectivity index (χ0n) is 16.0. The molecule has 146 valence electrons. The summed E-state index contributed by atoms with van der Waals surface area (Å²) in [5.74, 6) is 0.653. The van der Waals surface area contributed by atoms with Gasteiger partial charge in [0.25, 0.3) is 0 Å². The number of hydrogen-bond acceptors (Lipinski definition) is 5. The smallest absolute Gasteiger partial charge is 0.239 e. The van der Waals surface area contributed by atoms with Crippen LogP contribution in [0.5, 0.6) is 0 Å². The summed E-state index contributed by atoms with van der Waals surface area (Å²) < 4.78 is 24.8. The van der Waals surface area contributed by atoms with Crippen LogP contribution in [-0.2, 0) is 20.0 Å². The molecule has 1 saturated heterocycles. The highest BCUT2D eigenvalue weighted by atomic mass is 32.2. The quantitative estimate of drug-likeness (QED) is 0.861. The Bertz CT molecular complexity index is 900. The highest BCUT2D eigenvalue weighted by Crippen LogP contribution is 2.26. The Hall–Kier alpha value is -2.19. The maximum atomic E-state index is 12.5. The van der Waals surface area contributed by atoms with Gasteiger partial charge in [-0.3, -0.25) is 9.69 Å². The predicted molar refractivity (Wildman–Crippen MR) is 106 cm³/mol. The average molecular weight is 391 g/mol. The fourth-order valence-corrected chi connectivity index (χ4v) is 4.17. The van der Waals surface area contributed by atoms with Gasteiger partial charge in [-0.15, -0.1) is 0 Å². The number of nitrogens with zero attached hydrogens (tertiary/aromatic N) is 3. The van der Waals surface area contributed by atoms with Crippen LogP contribution in [0.25, 0.3) is 5.69 Å². The zero-order valence-corrected chi connectivity index (χ0v) is 16.8. The first kappa shape index (κ1) is 19.6. The zero-order chi connectivity index (χ0) is 19.7. The fourth-order valence-electron chi connectivity index (χ4n) is 2.90. The summed E-state index contributed by atoms with van der Waals surface area (Å²) >= 11 is 0. The van der Waals surface area contributed by atoms with E-state index in [1.54, 1.807) is 4.68 Å². The summed E-state index contributed by atoms with van der Waals surface area (Å²) in [6, 6.07) is 11.5. The van der Waals surface area contributed by atoms with Crippen molar-refractivity contribution in [1.82, 2.24) is 14.7 Å². The molecule has 7 nitrogen and oxygen atoms in total. The summed E-state index contributed by atoms with van der Waals surface area (Å²) in [6.07, 6.45) is 0. The van der Waals surface area contributed by atoms with Gasteiger partial charge >= 0.3 is 0 Å². The predicted octanol–water partition coefficient (Wildman–Crippen LogP) is 1.84. The van der Waals surface area contributed by atoms with Crippen LogP contribution in [0.1, 0.15) is 26.5 Å². The second-order valence-corrected chi connectivity index (χ2v) is 10.2. The fraction of sp³-hybridized carbons (Fsp3) is 0.474. The molecule has 1 aromatic heterocycles. The number of sulfone groups is 1. The minimum absolute atomic E-state index is 0.108. The third-order valence-electron chi connectivity index (χ3n) is 4.55. The Morgan fingerprint density at radius 3 is 2.37 bits per heavy atom. The van der Waals surface area contributed by atoms with Crippen LogP contribution >= 0.6 is 0 Å². The molecule has 0 bridgehead atoms. The number of benzene rings is 1. The molecule has 0 aliphatic carbocycles. The molecule has 1 amide bonds. The minimum atomic E-state index is -2.95. The van der Waals surface area contributed by atoms with Crippen LogP contribution < -0.4 is 5.32 Å². The Morgan fingerprint density at radius 2 is 1.78 bits per heavy atom. The lowest BCUT2D eigenvalue weighted by atomic mass is 9.92. The lowest BCUT2D eigenvalue weighted by Crippen LogP contribution is -2.44. The van der Waals surface area contributed by atoms with Crippen molar-refractivity contribution in [2.45, 2.75) is 26.2 Å². The minimum Gasteiger partial charge on any atom is -0.309 e. The van der Waals surface area contributed by atoms with Crippen molar-refractivity contribution in [3.05, 3.63) is 42.1 Å². The summed E-state index contributed by atoms with van der Waals surface area (Å²) in [4.78, 5) is 14.4. The topological polar surface area (TPSA) is 84.3 Å². The van der Waals surface area contributed by atoms with Gasteiger partial charge in [0.05, 0.1) is 29.4 Å². The molecule has 8 heteroatoms. The molecule has 27 heavy (non-hydrogen) atoms. The second-order valence-electron chi connectivity index (χ2n) is 7.89. The number of aromatic nitrogens is 2. The number of amides is 1. The van der Waals surface area contributed by atoms with Gasteiger partial charge < -0.3 is 5.32 Å². The highest BCUT2D eigenvalue weighted by Gasteiger charge is 2.25. The van der Waals surface area contributed by atoms with Crippen molar-refractivity contribution in [2.75, 3.05) is 36.5 Å². The maximum absolute atomic E-state index is 12.5. The normalized spacial score (nSPS) is 17.6. The third-order valence-corrected chi connectivity index (χ3v) is 6.16. The first-order valence-corrected chi connectivity index (χ1v) is 10.8. The molecule has 0 atom stereocenters. The molecule has 1 N–H and O–H groups in total. The summed E-state index contributed by atoms with van der Waals surface area (Å²) in [6.45, 7) is 7.17. The van der Waals surface area contributed by atoms with E-state index >= 15 is 0 Å². The van der Waals surface area contributed by atoms with E-state index in [1.165, 1.54) is 0 Å². The number of nitrogens with one attached hydrogen (secondary N) is 1. The lowest BCUT2D eigenvalue weighted by molar-refractivity contribution is -0.117. The molecular weight excluding hydrogens is 364 g/mol. The molecule has 1 aromatic carbocycles. The molecule has 0 radical (unpaired) electrons. The van der Waals surface area contributed by atoms with E-state index in [-0.39, 0.29) is 29.4 Å². The van der Waals surface area contributed by atoms with Crippen molar-refractivity contribution in [1.29, 1.82) is 0 Å². The standard InChI is InChI=1S/C19H26N4O3S/c1-19(2,3)16-13-17(23(21-16)15-7-5-4-6-8-15)20-18(24)14-22-9-11-27(25,26)12-10-22/h4-8,13H,9-12,14H2,1-3H3,(H,20,24). The van der Waals surface area contributed by atoms with Gasteiger partial charge in [-0.1, -0.05) is 39.0 Å². The summed E-state index contributed by atoms with van der Waals surface area (Å²) in [7, 11) is -2.95. The van der Waals surface area contributed by atoms with Crippen LogP contribution in [0, 0.1) is 0 Å². The largest absolute Gasteiger partial charge is 0.309 e. The second kappa shape index (κ2) is 7.44. The number of anilines is 1. The third kappa shape index (κ3) is 4.95. The van der Waals surface area contributed by atoms with Crippen LogP contribution in [0.4, 0.5) is 5.82 Å². The molecule has 0 saturated carbocycles. The van der Waals surface area contributed by atoms with Gasteiger partial charge in [-0.05, 0) is 12.1 Å². The Labute approximate surface area is 160 Å². The Morgan fingerprint density at radius 1 is 1.15 bits per heavy atom. The van der Waals surface area contributed by atoms with Crippen molar-refractivity contribution in [3.8, 4) is 5.69 Å². The van der Waals surface area contributed by atoms with E-state index in [4.69, 9.17) is 0 Å². The van der Waals surface area contributed by atoms with Crippen LogP contribution in [0.15, 0.2) is 36.4 Å². The maximum Gasteiger partial charge on any atom is 0.239 e. The van der Waals surface area contributed by atoms with Gasteiger partial charge in [-0.25, -0.2) is 13.1 Å². The molecule has 2 aromatic rings. The van der Waals surface area contributed by atoms with E-state index in [0.717, 1.165) is 11.4 Å². The van der Waals surface area contributed by atoms with Gasteiger partial charge in [-0.2, -0.15) is 5.10 Å². The summed E-state index contributed by atoms with van der Waals surface area (Å²) in [5, 5.41) is 7.62. The molecular formula is C19H26N4O3S. The number of carbonyl (C=O) groups excluding carboxylic acids is 1. The molecule has 0 unspecified atom stereocenters.